The lowest BCUT2D eigenvalue weighted by molar-refractivity contribution is 0.101. The Morgan fingerprint density at radius 3 is 2.43 bits per heavy atom. The Morgan fingerprint density at radius 1 is 0.967 bits per heavy atom. The molecule has 0 aromatic heterocycles. The number of carbonyl (C=O) groups excluding carboxylic acids is 1. The zero-order valence-corrected chi connectivity index (χ0v) is 18.0. The Labute approximate surface area is 185 Å². The normalized spacial score (nSPS) is 13.9. The van der Waals surface area contributed by atoms with E-state index in [9.17, 15) is 4.79 Å². The molecule has 4 nitrogen and oxygen atoms in total. The zero-order chi connectivity index (χ0) is 21.3. The highest BCUT2D eigenvalue weighted by molar-refractivity contribution is 6.42. The number of ketones is 1. The van der Waals surface area contributed by atoms with E-state index in [2.05, 4.69) is 0 Å². The molecule has 0 atom stereocenters. The fourth-order valence-electron chi connectivity index (χ4n) is 3.07. The van der Waals surface area contributed by atoms with Crippen LogP contribution in [0.1, 0.15) is 21.5 Å². The lowest BCUT2D eigenvalue weighted by Gasteiger charge is -2.11. The molecular formula is C24H19Cl2NO3. The van der Waals surface area contributed by atoms with Crippen molar-refractivity contribution < 1.29 is 14.3 Å². The van der Waals surface area contributed by atoms with Crippen molar-refractivity contribution in [3.8, 4) is 11.5 Å². The minimum Gasteiger partial charge on any atom is -0.489 e. The molecule has 0 saturated carbocycles. The molecule has 0 fully saturated rings. The quantitative estimate of drug-likeness (QED) is 0.440. The number of fused-ring (bicyclic) bond motifs is 1. The van der Waals surface area contributed by atoms with Crippen LogP contribution in [0.25, 0.3) is 6.08 Å². The molecule has 1 heterocycles. The summed E-state index contributed by atoms with van der Waals surface area (Å²) in [5.74, 6) is 1.24. The first kappa shape index (κ1) is 20.3. The van der Waals surface area contributed by atoms with E-state index in [1.807, 2.05) is 49.3 Å². The van der Waals surface area contributed by atoms with Gasteiger partial charge in [-0.3, -0.25) is 4.79 Å². The van der Waals surface area contributed by atoms with Crippen LogP contribution in [-0.2, 0) is 6.61 Å². The first-order valence-electron chi connectivity index (χ1n) is 9.33. The average molecular weight is 440 g/mol. The first-order chi connectivity index (χ1) is 14.4. The Hall–Kier alpha value is -2.95. The standard InChI is InChI=1S/C24H19Cl2NO3/c1-27(2)17-6-3-15(4-7-17)12-23-24(28)19-9-8-18(13-22(19)30-23)29-14-16-5-10-20(25)21(26)11-16/h3-13H,14H2,1-2H3/b23-12-. The van der Waals surface area contributed by atoms with E-state index in [0.29, 0.717) is 39.5 Å². The van der Waals surface area contributed by atoms with Crippen LogP contribution >= 0.6 is 23.2 Å². The van der Waals surface area contributed by atoms with E-state index < -0.39 is 0 Å². The lowest BCUT2D eigenvalue weighted by Crippen LogP contribution is -2.08. The second-order valence-electron chi connectivity index (χ2n) is 7.12. The van der Waals surface area contributed by atoms with Gasteiger partial charge in [-0.1, -0.05) is 41.4 Å². The number of anilines is 1. The van der Waals surface area contributed by atoms with Gasteiger partial charge < -0.3 is 14.4 Å². The second-order valence-corrected chi connectivity index (χ2v) is 7.94. The van der Waals surface area contributed by atoms with Gasteiger partial charge in [-0.15, -0.1) is 0 Å². The number of hydrogen-bond acceptors (Lipinski definition) is 4. The second kappa shape index (κ2) is 8.42. The number of ether oxygens (including phenoxy) is 2. The highest BCUT2D eigenvalue weighted by atomic mass is 35.5. The van der Waals surface area contributed by atoms with Crippen molar-refractivity contribution in [3.63, 3.8) is 0 Å². The predicted octanol–water partition coefficient (Wildman–Crippen LogP) is 6.25. The molecule has 152 valence electrons. The number of hydrogen-bond donors (Lipinski definition) is 0. The van der Waals surface area contributed by atoms with Crippen molar-refractivity contribution in [2.45, 2.75) is 6.61 Å². The smallest absolute Gasteiger partial charge is 0.231 e. The van der Waals surface area contributed by atoms with Crippen LogP contribution in [0.3, 0.4) is 0 Å². The predicted molar refractivity (Wildman–Crippen MR) is 121 cm³/mol. The SMILES string of the molecule is CN(C)c1ccc(/C=C2\Oc3cc(OCc4ccc(Cl)c(Cl)c4)ccc3C2=O)cc1. The van der Waals surface area contributed by atoms with Gasteiger partial charge in [-0.25, -0.2) is 0 Å². The summed E-state index contributed by atoms with van der Waals surface area (Å²) in [5, 5.41) is 0.981. The van der Waals surface area contributed by atoms with Crippen molar-refractivity contribution in [1.29, 1.82) is 0 Å². The third kappa shape index (κ3) is 4.30. The number of halogens is 2. The fourth-order valence-corrected chi connectivity index (χ4v) is 3.39. The molecule has 0 unspecified atom stereocenters. The van der Waals surface area contributed by atoms with E-state index >= 15 is 0 Å². The molecule has 3 aromatic carbocycles. The van der Waals surface area contributed by atoms with Crippen molar-refractivity contribution in [3.05, 3.63) is 93.2 Å². The molecule has 0 N–H and O–H groups in total. The fraction of sp³-hybridized carbons (Fsp3) is 0.125. The van der Waals surface area contributed by atoms with E-state index in [0.717, 1.165) is 16.8 Å². The van der Waals surface area contributed by atoms with E-state index in [1.165, 1.54) is 0 Å². The average Bonchev–Trinajstić information content (AvgIpc) is 3.04. The molecule has 0 bridgehead atoms. The number of benzene rings is 3. The molecule has 0 spiro atoms. The van der Waals surface area contributed by atoms with Crippen LogP contribution in [0.4, 0.5) is 5.69 Å². The Balaban J connectivity index is 1.48. The van der Waals surface area contributed by atoms with Gasteiger partial charge in [0.1, 0.15) is 18.1 Å². The van der Waals surface area contributed by atoms with Gasteiger partial charge in [0, 0.05) is 25.8 Å². The largest absolute Gasteiger partial charge is 0.489 e. The summed E-state index contributed by atoms with van der Waals surface area (Å²) in [6, 6.07) is 18.4. The number of nitrogens with zero attached hydrogens (tertiary/aromatic N) is 1. The Kier molecular flexibility index (Phi) is 5.71. The summed E-state index contributed by atoms with van der Waals surface area (Å²) in [4.78, 5) is 14.7. The summed E-state index contributed by atoms with van der Waals surface area (Å²) in [6.07, 6.45) is 1.75. The number of carbonyl (C=O) groups is 1. The minimum absolute atomic E-state index is 0.141. The summed E-state index contributed by atoms with van der Waals surface area (Å²) >= 11 is 12.0. The van der Waals surface area contributed by atoms with Crippen molar-refractivity contribution in [2.75, 3.05) is 19.0 Å². The summed E-state index contributed by atoms with van der Waals surface area (Å²) in [5.41, 5.74) is 3.40. The third-order valence-electron chi connectivity index (χ3n) is 4.74. The van der Waals surface area contributed by atoms with Crippen LogP contribution in [0, 0.1) is 0 Å². The molecule has 0 amide bonds. The van der Waals surface area contributed by atoms with Gasteiger partial charge in [-0.2, -0.15) is 0 Å². The molecule has 1 aliphatic heterocycles. The molecular weight excluding hydrogens is 421 g/mol. The lowest BCUT2D eigenvalue weighted by atomic mass is 10.1. The third-order valence-corrected chi connectivity index (χ3v) is 5.48. The topological polar surface area (TPSA) is 38.8 Å². The Bertz CT molecular complexity index is 1140. The minimum atomic E-state index is -0.141. The molecule has 30 heavy (non-hydrogen) atoms. The maximum Gasteiger partial charge on any atom is 0.231 e. The Morgan fingerprint density at radius 2 is 1.73 bits per heavy atom. The van der Waals surface area contributed by atoms with Crippen molar-refractivity contribution >= 4 is 40.7 Å². The maximum atomic E-state index is 12.7. The van der Waals surface area contributed by atoms with Crippen LogP contribution < -0.4 is 14.4 Å². The van der Waals surface area contributed by atoms with E-state index in [-0.39, 0.29) is 5.78 Å². The van der Waals surface area contributed by atoms with Gasteiger partial charge in [0.25, 0.3) is 0 Å². The van der Waals surface area contributed by atoms with Gasteiger partial charge in [-0.05, 0) is 53.6 Å². The monoisotopic (exact) mass is 439 g/mol. The van der Waals surface area contributed by atoms with Crippen LogP contribution in [0.15, 0.2) is 66.4 Å². The molecule has 1 aliphatic rings. The molecule has 3 aromatic rings. The zero-order valence-electron chi connectivity index (χ0n) is 16.5. The van der Waals surface area contributed by atoms with Crippen molar-refractivity contribution in [2.24, 2.45) is 0 Å². The van der Waals surface area contributed by atoms with Gasteiger partial charge in [0.2, 0.25) is 5.78 Å². The van der Waals surface area contributed by atoms with E-state index in [1.54, 1.807) is 36.4 Å². The highest BCUT2D eigenvalue weighted by Crippen LogP contribution is 2.35. The first-order valence-corrected chi connectivity index (χ1v) is 10.1. The van der Waals surface area contributed by atoms with Crippen LogP contribution in [0.5, 0.6) is 11.5 Å². The molecule has 0 aliphatic carbocycles. The van der Waals surface area contributed by atoms with Gasteiger partial charge >= 0.3 is 0 Å². The number of Topliss-reactive ketones (excluding diaryl/α,β-unsaturated/α-hetero) is 1. The van der Waals surface area contributed by atoms with Crippen molar-refractivity contribution in [1.82, 2.24) is 0 Å². The van der Waals surface area contributed by atoms with E-state index in [4.69, 9.17) is 32.7 Å². The highest BCUT2D eigenvalue weighted by Gasteiger charge is 2.27. The van der Waals surface area contributed by atoms with Crippen LogP contribution in [-0.4, -0.2) is 19.9 Å². The maximum absolute atomic E-state index is 12.7. The molecule has 0 radical (unpaired) electrons. The molecule has 4 rings (SSSR count). The molecule has 6 heteroatoms. The number of allylic oxidation sites excluding steroid dienone is 1. The summed E-state index contributed by atoms with van der Waals surface area (Å²) in [6.45, 7) is 0.324. The summed E-state index contributed by atoms with van der Waals surface area (Å²) < 4.78 is 11.6. The van der Waals surface area contributed by atoms with Gasteiger partial charge in [0.15, 0.2) is 5.76 Å². The summed E-state index contributed by atoms with van der Waals surface area (Å²) in [7, 11) is 3.96. The van der Waals surface area contributed by atoms with Gasteiger partial charge in [0.05, 0.1) is 15.6 Å². The number of rotatable bonds is 5. The van der Waals surface area contributed by atoms with Crippen LogP contribution in [0.2, 0.25) is 10.0 Å². The molecule has 0 saturated heterocycles.